The van der Waals surface area contributed by atoms with Gasteiger partial charge in [0.25, 0.3) is 0 Å². The number of nitrogens with zero attached hydrogens (tertiary/aromatic N) is 1. The molecule has 0 spiro atoms. The van der Waals surface area contributed by atoms with Crippen molar-refractivity contribution >= 4 is 21.8 Å². The van der Waals surface area contributed by atoms with E-state index in [4.69, 9.17) is 5.73 Å². The predicted molar refractivity (Wildman–Crippen MR) is 99.6 cm³/mol. The quantitative estimate of drug-likeness (QED) is 0.689. The minimum Gasteiger partial charge on any atom is -0.368 e. The van der Waals surface area contributed by atoms with Crippen LogP contribution in [0.2, 0.25) is 0 Å². The van der Waals surface area contributed by atoms with E-state index in [-0.39, 0.29) is 18.2 Å². The molecule has 0 aliphatic carbocycles. The van der Waals surface area contributed by atoms with E-state index in [9.17, 15) is 18.0 Å². The van der Waals surface area contributed by atoms with Crippen molar-refractivity contribution in [2.45, 2.75) is 38.6 Å². The maximum Gasteiger partial charge on any atom is 0.240 e. The van der Waals surface area contributed by atoms with Crippen LogP contribution in [0.3, 0.4) is 0 Å². The number of nitrogens with one attached hydrogen (secondary N) is 1. The Hall–Kier alpha value is -1.93. The Morgan fingerprint density at radius 2 is 2.00 bits per heavy atom. The number of benzene rings is 1. The number of hydrogen-bond acceptors (Lipinski definition) is 4. The van der Waals surface area contributed by atoms with Gasteiger partial charge in [0.1, 0.15) is 6.04 Å². The lowest BCUT2D eigenvalue weighted by Crippen LogP contribution is -2.51. The van der Waals surface area contributed by atoms with Gasteiger partial charge in [-0.15, -0.1) is 0 Å². The molecule has 0 saturated carbocycles. The molecule has 1 aliphatic rings. The predicted octanol–water partition coefficient (Wildman–Crippen LogP) is 0.651. The van der Waals surface area contributed by atoms with Crippen LogP contribution in [0.5, 0.6) is 0 Å². The van der Waals surface area contributed by atoms with Crippen molar-refractivity contribution in [1.82, 2.24) is 9.62 Å². The van der Waals surface area contributed by atoms with E-state index in [1.165, 1.54) is 4.31 Å². The van der Waals surface area contributed by atoms with Gasteiger partial charge in [-0.3, -0.25) is 9.59 Å². The zero-order valence-electron chi connectivity index (χ0n) is 15.1. The van der Waals surface area contributed by atoms with Crippen molar-refractivity contribution in [3.63, 3.8) is 0 Å². The van der Waals surface area contributed by atoms with E-state index in [1.807, 2.05) is 37.3 Å². The summed E-state index contributed by atoms with van der Waals surface area (Å²) in [7, 11) is -3.33. The van der Waals surface area contributed by atoms with E-state index in [0.29, 0.717) is 32.2 Å². The van der Waals surface area contributed by atoms with Crippen molar-refractivity contribution in [2.24, 2.45) is 11.7 Å². The van der Waals surface area contributed by atoms with E-state index in [0.717, 1.165) is 5.56 Å². The molecule has 1 aliphatic heterocycles. The fraction of sp³-hybridized carbons (Fsp3) is 0.556. The SMILES string of the molecule is CCCS(=O)(=O)N1CCCC(C(=O)NC(Cc2ccccc2)C(N)=O)C1. The molecule has 0 radical (unpaired) electrons. The molecule has 26 heavy (non-hydrogen) atoms. The molecule has 1 aromatic carbocycles. The summed E-state index contributed by atoms with van der Waals surface area (Å²) in [4.78, 5) is 24.3. The number of sulfonamides is 1. The van der Waals surface area contributed by atoms with Crippen LogP contribution in [0.15, 0.2) is 30.3 Å². The summed E-state index contributed by atoms with van der Waals surface area (Å²) in [6.45, 7) is 2.41. The molecule has 2 amide bonds. The molecular formula is C18H27N3O4S. The summed E-state index contributed by atoms with van der Waals surface area (Å²) in [5.41, 5.74) is 6.33. The molecule has 0 aromatic heterocycles. The highest BCUT2D eigenvalue weighted by Crippen LogP contribution is 2.20. The van der Waals surface area contributed by atoms with Crippen LogP contribution >= 0.6 is 0 Å². The highest BCUT2D eigenvalue weighted by molar-refractivity contribution is 7.89. The number of primary amides is 1. The summed E-state index contributed by atoms with van der Waals surface area (Å²) >= 11 is 0. The smallest absolute Gasteiger partial charge is 0.240 e. The van der Waals surface area contributed by atoms with Crippen LogP contribution in [0, 0.1) is 5.92 Å². The lowest BCUT2D eigenvalue weighted by Gasteiger charge is -2.31. The molecule has 144 valence electrons. The normalized spacial score (nSPS) is 19.7. The largest absolute Gasteiger partial charge is 0.368 e. The fourth-order valence-electron chi connectivity index (χ4n) is 3.16. The van der Waals surface area contributed by atoms with E-state index in [2.05, 4.69) is 5.32 Å². The molecule has 1 aromatic rings. The van der Waals surface area contributed by atoms with Crippen LogP contribution in [-0.4, -0.2) is 49.4 Å². The highest BCUT2D eigenvalue weighted by Gasteiger charge is 2.33. The summed E-state index contributed by atoms with van der Waals surface area (Å²) in [6.07, 6.45) is 2.07. The third-order valence-corrected chi connectivity index (χ3v) is 6.60. The van der Waals surface area contributed by atoms with E-state index < -0.39 is 27.9 Å². The molecule has 2 atom stereocenters. The topological polar surface area (TPSA) is 110 Å². The number of rotatable bonds is 8. The van der Waals surface area contributed by atoms with Crippen LogP contribution < -0.4 is 11.1 Å². The maximum atomic E-state index is 12.6. The van der Waals surface area contributed by atoms with Gasteiger partial charge < -0.3 is 11.1 Å². The van der Waals surface area contributed by atoms with Gasteiger partial charge in [0.15, 0.2) is 0 Å². The third-order valence-electron chi connectivity index (χ3n) is 4.55. The lowest BCUT2D eigenvalue weighted by atomic mass is 9.97. The van der Waals surface area contributed by atoms with Gasteiger partial charge >= 0.3 is 0 Å². The van der Waals surface area contributed by atoms with Gasteiger partial charge in [0.2, 0.25) is 21.8 Å². The molecule has 1 heterocycles. The number of nitrogens with two attached hydrogens (primary N) is 1. The summed E-state index contributed by atoms with van der Waals surface area (Å²) in [6, 6.07) is 8.49. The second kappa shape index (κ2) is 9.14. The van der Waals surface area contributed by atoms with Gasteiger partial charge in [-0.2, -0.15) is 0 Å². The van der Waals surface area contributed by atoms with Crippen molar-refractivity contribution in [1.29, 1.82) is 0 Å². The van der Waals surface area contributed by atoms with Gasteiger partial charge in [-0.05, 0) is 24.8 Å². The van der Waals surface area contributed by atoms with Crippen LogP contribution in [0.4, 0.5) is 0 Å². The van der Waals surface area contributed by atoms with Gasteiger partial charge in [0.05, 0.1) is 11.7 Å². The average Bonchev–Trinajstić information content (AvgIpc) is 2.62. The summed E-state index contributed by atoms with van der Waals surface area (Å²) in [5.74, 6) is -1.30. The first-order valence-corrected chi connectivity index (χ1v) is 10.6. The first-order valence-electron chi connectivity index (χ1n) is 8.95. The lowest BCUT2D eigenvalue weighted by molar-refractivity contribution is -0.130. The van der Waals surface area contributed by atoms with Crippen LogP contribution in [-0.2, 0) is 26.0 Å². The Kier molecular flexibility index (Phi) is 7.16. The Morgan fingerprint density at radius 1 is 1.31 bits per heavy atom. The molecule has 1 fully saturated rings. The summed E-state index contributed by atoms with van der Waals surface area (Å²) < 4.78 is 25.9. The molecule has 8 heteroatoms. The number of carbonyl (C=O) groups is 2. The number of carbonyl (C=O) groups excluding carboxylic acids is 2. The Balaban J connectivity index is 2.01. The minimum absolute atomic E-state index is 0.0826. The number of hydrogen-bond donors (Lipinski definition) is 2. The zero-order chi connectivity index (χ0) is 19.2. The molecule has 1 saturated heterocycles. The molecule has 7 nitrogen and oxygen atoms in total. The van der Waals surface area contributed by atoms with Gasteiger partial charge in [0, 0.05) is 19.5 Å². The molecule has 2 rings (SSSR count). The van der Waals surface area contributed by atoms with Crippen molar-refractivity contribution < 1.29 is 18.0 Å². The first kappa shape index (κ1) is 20.4. The third kappa shape index (κ3) is 5.54. The standard InChI is InChI=1S/C18H27N3O4S/c1-2-11-26(24,25)21-10-6-9-15(13-21)18(23)20-16(17(19)22)12-14-7-4-3-5-8-14/h3-5,7-8,15-16H,2,6,9-13H2,1H3,(H2,19,22)(H,20,23). The Bertz CT molecular complexity index is 721. The summed E-state index contributed by atoms with van der Waals surface area (Å²) in [5, 5.41) is 2.70. The molecule has 0 bridgehead atoms. The number of amides is 2. The minimum atomic E-state index is -3.33. The van der Waals surface area contributed by atoms with Crippen molar-refractivity contribution in [2.75, 3.05) is 18.8 Å². The second-order valence-corrected chi connectivity index (χ2v) is 8.75. The molecule has 3 N–H and O–H groups in total. The van der Waals surface area contributed by atoms with Crippen molar-refractivity contribution in [3.8, 4) is 0 Å². The maximum absolute atomic E-state index is 12.6. The van der Waals surface area contributed by atoms with Gasteiger partial charge in [-0.25, -0.2) is 12.7 Å². The molecule has 2 unspecified atom stereocenters. The average molecular weight is 381 g/mol. The Labute approximate surface area is 155 Å². The fourth-order valence-corrected chi connectivity index (χ4v) is 4.75. The first-order chi connectivity index (χ1) is 12.3. The number of piperidine rings is 1. The zero-order valence-corrected chi connectivity index (χ0v) is 15.9. The Morgan fingerprint density at radius 3 is 2.62 bits per heavy atom. The van der Waals surface area contributed by atoms with E-state index in [1.54, 1.807) is 0 Å². The van der Waals surface area contributed by atoms with Crippen LogP contribution in [0.1, 0.15) is 31.7 Å². The molecular weight excluding hydrogens is 354 g/mol. The van der Waals surface area contributed by atoms with Gasteiger partial charge in [-0.1, -0.05) is 37.3 Å². The van der Waals surface area contributed by atoms with E-state index >= 15 is 0 Å². The highest BCUT2D eigenvalue weighted by atomic mass is 32.2. The second-order valence-electron chi connectivity index (χ2n) is 6.67. The van der Waals surface area contributed by atoms with Crippen molar-refractivity contribution in [3.05, 3.63) is 35.9 Å². The monoisotopic (exact) mass is 381 g/mol. The van der Waals surface area contributed by atoms with Crippen LogP contribution in [0.25, 0.3) is 0 Å².